The number of likely N-dealkylation sites (N-methyl/N-ethyl adjacent to an activating group) is 1. The first-order valence-corrected chi connectivity index (χ1v) is 5.05. The maximum absolute atomic E-state index is 11.6. The number of carbonyl (C=O) groups excluding carboxylic acids is 2. The third-order valence-corrected chi connectivity index (χ3v) is 2.53. The molecule has 0 aliphatic heterocycles. The van der Waals surface area contributed by atoms with E-state index >= 15 is 0 Å². The van der Waals surface area contributed by atoms with Crippen LogP contribution in [0.5, 0.6) is 0 Å². The maximum atomic E-state index is 11.6. The second-order valence-corrected chi connectivity index (χ2v) is 4.16. The SMILES string of the molecule is COC(=O)CN(C)C(=O)c1nnc(Cl)s1. The Morgan fingerprint density at radius 2 is 2.20 bits per heavy atom. The number of methoxy groups -OCH3 is 1. The molecule has 0 spiro atoms. The fourth-order valence-electron chi connectivity index (χ4n) is 0.785. The third-order valence-electron chi connectivity index (χ3n) is 1.52. The lowest BCUT2D eigenvalue weighted by Crippen LogP contribution is -2.32. The van der Waals surface area contributed by atoms with Crippen LogP contribution in [-0.4, -0.2) is 47.7 Å². The van der Waals surface area contributed by atoms with Crippen molar-refractivity contribution in [2.75, 3.05) is 20.7 Å². The van der Waals surface area contributed by atoms with Crippen LogP contribution in [0.2, 0.25) is 4.47 Å². The Morgan fingerprint density at radius 1 is 1.53 bits per heavy atom. The highest BCUT2D eigenvalue weighted by molar-refractivity contribution is 7.17. The molecule has 0 fully saturated rings. The molecule has 8 heteroatoms. The quantitative estimate of drug-likeness (QED) is 0.727. The zero-order valence-corrected chi connectivity index (χ0v) is 9.63. The first-order valence-electron chi connectivity index (χ1n) is 3.86. The Morgan fingerprint density at radius 3 is 2.67 bits per heavy atom. The van der Waals surface area contributed by atoms with E-state index in [0.29, 0.717) is 0 Å². The molecule has 0 saturated carbocycles. The van der Waals surface area contributed by atoms with Gasteiger partial charge in [0.05, 0.1) is 7.11 Å². The predicted molar refractivity (Wildman–Crippen MR) is 53.9 cm³/mol. The molecule has 0 aromatic carbocycles. The third kappa shape index (κ3) is 3.14. The number of rotatable bonds is 3. The zero-order chi connectivity index (χ0) is 11.4. The van der Waals surface area contributed by atoms with Gasteiger partial charge >= 0.3 is 5.97 Å². The summed E-state index contributed by atoms with van der Waals surface area (Å²) in [7, 11) is 2.72. The average Bonchev–Trinajstić information content (AvgIpc) is 2.63. The van der Waals surface area contributed by atoms with E-state index in [0.717, 1.165) is 11.3 Å². The monoisotopic (exact) mass is 249 g/mol. The molecule has 6 nitrogen and oxygen atoms in total. The van der Waals surface area contributed by atoms with E-state index in [1.54, 1.807) is 0 Å². The highest BCUT2D eigenvalue weighted by Crippen LogP contribution is 2.15. The van der Waals surface area contributed by atoms with Crippen molar-refractivity contribution < 1.29 is 14.3 Å². The summed E-state index contributed by atoms with van der Waals surface area (Å²) in [4.78, 5) is 23.6. The van der Waals surface area contributed by atoms with Crippen LogP contribution in [0.1, 0.15) is 9.80 Å². The summed E-state index contributed by atoms with van der Waals surface area (Å²) >= 11 is 6.48. The molecule has 1 rings (SSSR count). The van der Waals surface area contributed by atoms with E-state index in [9.17, 15) is 9.59 Å². The summed E-state index contributed by atoms with van der Waals surface area (Å²) in [6, 6.07) is 0. The molecule has 1 aromatic rings. The minimum Gasteiger partial charge on any atom is -0.468 e. The van der Waals surface area contributed by atoms with E-state index in [-0.39, 0.29) is 16.0 Å². The summed E-state index contributed by atoms with van der Waals surface area (Å²) < 4.78 is 4.61. The Bertz CT molecular complexity index is 381. The molecule has 0 atom stereocenters. The summed E-state index contributed by atoms with van der Waals surface area (Å²) in [6.45, 7) is -0.132. The van der Waals surface area contributed by atoms with Crippen LogP contribution in [-0.2, 0) is 9.53 Å². The number of ether oxygens (including phenoxy) is 1. The molecule has 0 bridgehead atoms. The van der Waals surface area contributed by atoms with Crippen molar-refractivity contribution in [1.82, 2.24) is 15.1 Å². The van der Waals surface area contributed by atoms with Crippen LogP contribution < -0.4 is 0 Å². The van der Waals surface area contributed by atoms with Gasteiger partial charge in [0.25, 0.3) is 5.91 Å². The van der Waals surface area contributed by atoms with Crippen LogP contribution in [0, 0.1) is 0 Å². The number of nitrogens with zero attached hydrogens (tertiary/aromatic N) is 3. The van der Waals surface area contributed by atoms with Crippen LogP contribution in [0.25, 0.3) is 0 Å². The van der Waals surface area contributed by atoms with Crippen LogP contribution in [0.15, 0.2) is 0 Å². The Hall–Kier alpha value is -1.21. The van der Waals surface area contributed by atoms with Gasteiger partial charge in [0, 0.05) is 7.05 Å². The van der Waals surface area contributed by atoms with E-state index in [1.807, 2.05) is 0 Å². The predicted octanol–water partition coefficient (Wildman–Crippen LogP) is 0.436. The Labute approximate surface area is 94.8 Å². The smallest absolute Gasteiger partial charge is 0.325 e. The minimum atomic E-state index is -0.499. The first-order chi connectivity index (χ1) is 7.04. The van der Waals surface area contributed by atoms with Gasteiger partial charge in [0.1, 0.15) is 6.54 Å². The van der Waals surface area contributed by atoms with Gasteiger partial charge in [-0.2, -0.15) is 0 Å². The number of amides is 1. The van der Waals surface area contributed by atoms with Crippen molar-refractivity contribution in [2.24, 2.45) is 0 Å². The fraction of sp³-hybridized carbons (Fsp3) is 0.429. The minimum absolute atomic E-state index is 0.132. The summed E-state index contributed by atoms with van der Waals surface area (Å²) in [6.07, 6.45) is 0. The van der Waals surface area contributed by atoms with Crippen molar-refractivity contribution >= 4 is 34.8 Å². The van der Waals surface area contributed by atoms with Gasteiger partial charge < -0.3 is 9.64 Å². The molecule has 0 radical (unpaired) electrons. The molecule has 0 unspecified atom stereocenters. The molecule has 82 valence electrons. The molecule has 1 heterocycles. The average molecular weight is 250 g/mol. The molecule has 0 N–H and O–H groups in total. The maximum Gasteiger partial charge on any atom is 0.325 e. The summed E-state index contributed by atoms with van der Waals surface area (Å²) in [5.74, 6) is -0.911. The van der Waals surface area contributed by atoms with Gasteiger partial charge in [-0.15, -0.1) is 10.2 Å². The summed E-state index contributed by atoms with van der Waals surface area (Å²) in [5.41, 5.74) is 0. The number of aromatic nitrogens is 2. The van der Waals surface area contributed by atoms with Crippen molar-refractivity contribution in [2.45, 2.75) is 0 Å². The van der Waals surface area contributed by atoms with Crippen LogP contribution >= 0.6 is 22.9 Å². The van der Waals surface area contributed by atoms with Crippen molar-refractivity contribution in [3.8, 4) is 0 Å². The molecular weight excluding hydrogens is 242 g/mol. The van der Waals surface area contributed by atoms with Gasteiger partial charge in [0.2, 0.25) is 9.47 Å². The number of hydrogen-bond acceptors (Lipinski definition) is 6. The van der Waals surface area contributed by atoms with Gasteiger partial charge in [0.15, 0.2) is 0 Å². The molecule has 0 aliphatic rings. The topological polar surface area (TPSA) is 72.4 Å². The number of halogens is 1. The van der Waals surface area contributed by atoms with E-state index in [4.69, 9.17) is 11.6 Å². The first kappa shape index (κ1) is 11.9. The Balaban J connectivity index is 2.64. The zero-order valence-electron chi connectivity index (χ0n) is 8.06. The van der Waals surface area contributed by atoms with Crippen molar-refractivity contribution in [3.63, 3.8) is 0 Å². The molecule has 0 saturated heterocycles. The van der Waals surface area contributed by atoms with Crippen LogP contribution in [0.4, 0.5) is 0 Å². The van der Waals surface area contributed by atoms with Gasteiger partial charge in [-0.3, -0.25) is 9.59 Å². The standard InChI is InChI=1S/C7H8ClN3O3S/c1-11(3-4(12)14-2)6(13)5-9-10-7(8)15-5/h3H2,1-2H3. The van der Waals surface area contributed by atoms with Crippen LogP contribution in [0.3, 0.4) is 0 Å². The van der Waals surface area contributed by atoms with Crippen molar-refractivity contribution in [3.05, 3.63) is 9.47 Å². The van der Waals surface area contributed by atoms with Crippen molar-refractivity contribution in [1.29, 1.82) is 0 Å². The molecule has 0 aliphatic carbocycles. The van der Waals surface area contributed by atoms with Gasteiger partial charge in [-0.25, -0.2) is 0 Å². The largest absolute Gasteiger partial charge is 0.468 e. The molecule has 1 amide bonds. The number of esters is 1. The number of hydrogen-bond donors (Lipinski definition) is 0. The molecule has 15 heavy (non-hydrogen) atoms. The fourth-order valence-corrected chi connectivity index (χ4v) is 1.61. The summed E-state index contributed by atoms with van der Waals surface area (Å²) in [5, 5.41) is 7.20. The van der Waals surface area contributed by atoms with E-state index < -0.39 is 11.9 Å². The highest BCUT2D eigenvalue weighted by atomic mass is 35.5. The highest BCUT2D eigenvalue weighted by Gasteiger charge is 2.18. The van der Waals surface area contributed by atoms with Gasteiger partial charge in [-0.1, -0.05) is 11.3 Å². The van der Waals surface area contributed by atoms with E-state index in [1.165, 1.54) is 19.1 Å². The second kappa shape index (κ2) is 5.04. The molecular formula is C7H8ClN3O3S. The lowest BCUT2D eigenvalue weighted by molar-refractivity contribution is -0.141. The lowest BCUT2D eigenvalue weighted by atomic mass is 10.5. The second-order valence-electron chi connectivity index (χ2n) is 2.60. The number of carbonyl (C=O) groups is 2. The van der Waals surface area contributed by atoms with Gasteiger partial charge in [-0.05, 0) is 11.6 Å². The Kier molecular flexibility index (Phi) is 3.98. The normalized spacial score (nSPS) is 9.80. The van der Waals surface area contributed by atoms with E-state index in [2.05, 4.69) is 14.9 Å². The molecule has 1 aromatic heterocycles. The lowest BCUT2D eigenvalue weighted by Gasteiger charge is -2.12.